The molecule has 128 valence electrons. The number of nitrogens with one attached hydrogen (secondary N) is 1. The fourth-order valence-electron chi connectivity index (χ4n) is 2.18. The van der Waals surface area contributed by atoms with Gasteiger partial charge in [0.25, 0.3) is 5.91 Å². The van der Waals surface area contributed by atoms with E-state index in [1.54, 1.807) is 36.5 Å². The molecular formula is C17H13BrCl2N4O. The molecule has 8 heteroatoms. The Bertz CT molecular complexity index is 900. The first-order valence-corrected chi connectivity index (χ1v) is 8.15. The molecule has 0 aliphatic heterocycles. The Morgan fingerprint density at radius 2 is 1.96 bits per heavy atom. The maximum absolute atomic E-state index is 12.4. The van der Waals surface area contributed by atoms with Crippen LogP contribution in [0.2, 0.25) is 5.02 Å². The Balaban J connectivity index is 0.00000225. The van der Waals surface area contributed by atoms with E-state index in [2.05, 4.69) is 31.2 Å². The van der Waals surface area contributed by atoms with Crippen molar-refractivity contribution >= 4 is 57.5 Å². The van der Waals surface area contributed by atoms with Gasteiger partial charge in [-0.25, -0.2) is 9.97 Å². The summed E-state index contributed by atoms with van der Waals surface area (Å²) in [4.78, 5) is 20.4. The van der Waals surface area contributed by atoms with E-state index in [1.165, 1.54) is 0 Å². The molecule has 0 saturated heterocycles. The molecule has 0 saturated carbocycles. The van der Waals surface area contributed by atoms with E-state index >= 15 is 0 Å². The number of rotatable bonds is 3. The zero-order valence-electron chi connectivity index (χ0n) is 12.7. The van der Waals surface area contributed by atoms with E-state index in [0.29, 0.717) is 22.0 Å². The second-order valence-corrected chi connectivity index (χ2v) is 6.35. The van der Waals surface area contributed by atoms with Crippen molar-refractivity contribution < 1.29 is 4.79 Å². The van der Waals surface area contributed by atoms with Crippen molar-refractivity contribution in [3.63, 3.8) is 0 Å². The average molecular weight is 440 g/mol. The molecule has 25 heavy (non-hydrogen) atoms. The van der Waals surface area contributed by atoms with Crippen LogP contribution >= 0.6 is 39.9 Å². The fraction of sp³-hybridized carbons (Fsp3) is 0. The van der Waals surface area contributed by atoms with E-state index in [-0.39, 0.29) is 24.3 Å². The number of carbonyl (C=O) groups is 1. The standard InChI is InChI=1S/C17H12BrClN4O.ClH/c18-12-6-11(7-13(19)9-12)16(24)22-14-3-1-2-10(8-14)15-4-5-21-17(20)23-15;/h1-9H,(H,22,24)(H2,20,21,23);1H. The molecule has 0 fully saturated rings. The Morgan fingerprint density at radius 3 is 2.68 bits per heavy atom. The lowest BCUT2D eigenvalue weighted by Crippen LogP contribution is -2.12. The average Bonchev–Trinajstić information content (AvgIpc) is 2.54. The first-order valence-electron chi connectivity index (χ1n) is 6.98. The molecule has 1 amide bonds. The molecule has 0 aliphatic rings. The molecule has 2 aromatic carbocycles. The molecule has 0 unspecified atom stereocenters. The first kappa shape index (κ1) is 19.2. The molecule has 1 heterocycles. The second-order valence-electron chi connectivity index (χ2n) is 4.99. The lowest BCUT2D eigenvalue weighted by molar-refractivity contribution is 0.102. The Hall–Kier alpha value is -2.15. The molecule has 0 bridgehead atoms. The summed E-state index contributed by atoms with van der Waals surface area (Å²) >= 11 is 9.31. The molecule has 3 N–H and O–H groups in total. The number of carbonyl (C=O) groups excluding carboxylic acids is 1. The number of nitrogens with two attached hydrogens (primary N) is 1. The number of anilines is 2. The predicted molar refractivity (Wildman–Crippen MR) is 106 cm³/mol. The van der Waals surface area contributed by atoms with E-state index in [1.807, 2.05) is 18.2 Å². The molecule has 3 aromatic rings. The number of amides is 1. The lowest BCUT2D eigenvalue weighted by Gasteiger charge is -2.08. The van der Waals surface area contributed by atoms with E-state index < -0.39 is 0 Å². The molecular weight excluding hydrogens is 427 g/mol. The number of aromatic nitrogens is 2. The van der Waals surface area contributed by atoms with Gasteiger partial charge in [0.05, 0.1) is 5.69 Å². The molecule has 0 radical (unpaired) electrons. The largest absolute Gasteiger partial charge is 0.368 e. The van der Waals surface area contributed by atoms with Gasteiger partial charge in [-0.1, -0.05) is 39.7 Å². The van der Waals surface area contributed by atoms with Gasteiger partial charge in [-0.2, -0.15) is 0 Å². The summed E-state index contributed by atoms with van der Waals surface area (Å²) in [6.07, 6.45) is 1.59. The number of benzene rings is 2. The summed E-state index contributed by atoms with van der Waals surface area (Å²) in [5.41, 5.74) is 8.23. The minimum Gasteiger partial charge on any atom is -0.368 e. The van der Waals surface area contributed by atoms with Gasteiger partial charge in [0.1, 0.15) is 0 Å². The number of nitrogens with zero attached hydrogens (tertiary/aromatic N) is 2. The normalized spacial score (nSPS) is 10.0. The SMILES string of the molecule is Cl.Nc1nccc(-c2cccc(NC(=O)c3cc(Cl)cc(Br)c3)c2)n1. The highest BCUT2D eigenvalue weighted by molar-refractivity contribution is 9.10. The van der Waals surface area contributed by atoms with E-state index in [0.717, 1.165) is 10.0 Å². The smallest absolute Gasteiger partial charge is 0.255 e. The number of hydrogen-bond acceptors (Lipinski definition) is 4. The van der Waals surface area contributed by atoms with Crippen molar-refractivity contribution in [1.29, 1.82) is 0 Å². The Morgan fingerprint density at radius 1 is 1.16 bits per heavy atom. The maximum Gasteiger partial charge on any atom is 0.255 e. The first-order chi connectivity index (χ1) is 11.5. The minimum atomic E-state index is -0.252. The van der Waals surface area contributed by atoms with Crippen LogP contribution in [0.4, 0.5) is 11.6 Å². The van der Waals surface area contributed by atoms with Gasteiger partial charge >= 0.3 is 0 Å². The summed E-state index contributed by atoms with van der Waals surface area (Å²) < 4.78 is 0.741. The van der Waals surface area contributed by atoms with Gasteiger partial charge in [0.15, 0.2) is 0 Å². The summed E-state index contributed by atoms with van der Waals surface area (Å²) in [6.45, 7) is 0. The van der Waals surface area contributed by atoms with Crippen molar-refractivity contribution in [1.82, 2.24) is 9.97 Å². The van der Waals surface area contributed by atoms with Crippen molar-refractivity contribution in [3.8, 4) is 11.3 Å². The fourth-order valence-corrected chi connectivity index (χ4v) is 3.04. The third kappa shape index (κ3) is 4.92. The third-order valence-corrected chi connectivity index (χ3v) is 3.89. The summed E-state index contributed by atoms with van der Waals surface area (Å²) in [7, 11) is 0. The monoisotopic (exact) mass is 438 g/mol. The quantitative estimate of drug-likeness (QED) is 0.613. The molecule has 3 rings (SSSR count). The number of hydrogen-bond donors (Lipinski definition) is 2. The van der Waals surface area contributed by atoms with Crippen molar-refractivity contribution in [3.05, 3.63) is 69.8 Å². The van der Waals surface area contributed by atoms with Crippen LogP contribution < -0.4 is 11.1 Å². The van der Waals surface area contributed by atoms with Gasteiger partial charge in [-0.15, -0.1) is 12.4 Å². The van der Waals surface area contributed by atoms with Crippen molar-refractivity contribution in [2.75, 3.05) is 11.1 Å². The molecule has 5 nitrogen and oxygen atoms in total. The van der Waals surface area contributed by atoms with Crippen LogP contribution in [0.3, 0.4) is 0 Å². The highest BCUT2D eigenvalue weighted by Gasteiger charge is 2.09. The minimum absolute atomic E-state index is 0. The Kier molecular flexibility index (Phi) is 6.36. The van der Waals surface area contributed by atoms with Crippen molar-refractivity contribution in [2.24, 2.45) is 0 Å². The van der Waals surface area contributed by atoms with E-state index in [9.17, 15) is 4.79 Å². The highest BCUT2D eigenvalue weighted by Crippen LogP contribution is 2.23. The summed E-state index contributed by atoms with van der Waals surface area (Å²) in [6, 6.07) is 14.1. The van der Waals surface area contributed by atoms with Crippen LogP contribution in [0, 0.1) is 0 Å². The van der Waals surface area contributed by atoms with Gasteiger partial charge < -0.3 is 11.1 Å². The zero-order valence-corrected chi connectivity index (χ0v) is 15.9. The second kappa shape index (κ2) is 8.29. The lowest BCUT2D eigenvalue weighted by atomic mass is 10.1. The predicted octanol–water partition coefficient (Wildman–Crippen LogP) is 4.82. The van der Waals surface area contributed by atoms with Crippen LogP contribution in [-0.2, 0) is 0 Å². The van der Waals surface area contributed by atoms with Crippen LogP contribution in [0.25, 0.3) is 11.3 Å². The number of nitrogen functional groups attached to an aromatic ring is 1. The van der Waals surface area contributed by atoms with Gasteiger partial charge in [-0.3, -0.25) is 4.79 Å². The van der Waals surface area contributed by atoms with Gasteiger partial charge in [0.2, 0.25) is 5.95 Å². The molecule has 0 aliphatic carbocycles. The van der Waals surface area contributed by atoms with E-state index in [4.69, 9.17) is 17.3 Å². The maximum atomic E-state index is 12.4. The number of halogens is 3. The van der Waals surface area contributed by atoms with Crippen LogP contribution in [0.5, 0.6) is 0 Å². The zero-order chi connectivity index (χ0) is 17.1. The van der Waals surface area contributed by atoms with Crippen molar-refractivity contribution in [2.45, 2.75) is 0 Å². The molecule has 0 spiro atoms. The third-order valence-electron chi connectivity index (χ3n) is 3.22. The molecule has 0 atom stereocenters. The Labute approximate surface area is 164 Å². The van der Waals surface area contributed by atoms with Gasteiger partial charge in [0, 0.05) is 32.5 Å². The van der Waals surface area contributed by atoms with Crippen LogP contribution in [0.1, 0.15) is 10.4 Å². The summed E-state index contributed by atoms with van der Waals surface area (Å²) in [5, 5.41) is 3.33. The van der Waals surface area contributed by atoms with Crippen LogP contribution in [0.15, 0.2) is 59.2 Å². The van der Waals surface area contributed by atoms with Crippen LogP contribution in [-0.4, -0.2) is 15.9 Å². The topological polar surface area (TPSA) is 80.9 Å². The molecule has 1 aromatic heterocycles. The van der Waals surface area contributed by atoms with Gasteiger partial charge in [-0.05, 0) is 36.4 Å². The summed E-state index contributed by atoms with van der Waals surface area (Å²) in [5.74, 6) is -0.0525. The highest BCUT2D eigenvalue weighted by atomic mass is 79.9.